The zero-order valence-corrected chi connectivity index (χ0v) is 10.6. The van der Waals surface area contributed by atoms with Gasteiger partial charge < -0.3 is 4.90 Å². The van der Waals surface area contributed by atoms with Crippen LogP contribution in [-0.2, 0) is 0 Å². The van der Waals surface area contributed by atoms with Crippen LogP contribution >= 0.6 is 11.3 Å². The number of aromatic nitrogens is 1. The Kier molecular flexibility index (Phi) is 2.24. The van der Waals surface area contributed by atoms with Crippen molar-refractivity contribution >= 4 is 21.6 Å². The van der Waals surface area contributed by atoms with Crippen molar-refractivity contribution in [3.63, 3.8) is 0 Å². The Morgan fingerprint density at radius 2 is 2.00 bits per heavy atom. The number of para-hydroxylation sites is 1. The van der Waals surface area contributed by atoms with Gasteiger partial charge in [-0.1, -0.05) is 12.1 Å². The summed E-state index contributed by atoms with van der Waals surface area (Å²) in [6, 6.07) is 8.53. The summed E-state index contributed by atoms with van der Waals surface area (Å²) in [7, 11) is 0. The van der Waals surface area contributed by atoms with E-state index < -0.39 is 0 Å². The Bertz CT molecular complexity index is 507. The van der Waals surface area contributed by atoms with Gasteiger partial charge in [0, 0.05) is 12.5 Å². The van der Waals surface area contributed by atoms with E-state index in [9.17, 15) is 0 Å². The second-order valence-electron chi connectivity index (χ2n) is 5.26. The molecule has 3 heteroatoms. The molecule has 0 N–H and O–H groups in total. The lowest BCUT2D eigenvalue weighted by Crippen LogP contribution is -2.46. The molecule has 1 unspecified atom stereocenters. The molecular weight excluding hydrogens is 228 g/mol. The van der Waals surface area contributed by atoms with Gasteiger partial charge in [0.2, 0.25) is 0 Å². The van der Waals surface area contributed by atoms with Crippen LogP contribution in [-0.4, -0.2) is 29.5 Å². The SMILES string of the molecule is c1ccc2sc(C3CN4CCC3CC4)nc2c1. The quantitative estimate of drug-likeness (QED) is 0.766. The third-order valence-electron chi connectivity index (χ3n) is 4.28. The van der Waals surface area contributed by atoms with Gasteiger partial charge in [-0.15, -0.1) is 11.3 Å². The summed E-state index contributed by atoms with van der Waals surface area (Å²) in [5.41, 5.74) is 1.18. The molecule has 1 aromatic carbocycles. The fourth-order valence-corrected chi connectivity index (χ4v) is 4.45. The average Bonchev–Trinajstić information content (AvgIpc) is 2.83. The van der Waals surface area contributed by atoms with Crippen molar-refractivity contribution < 1.29 is 0 Å². The first kappa shape index (κ1) is 10.0. The van der Waals surface area contributed by atoms with Gasteiger partial charge in [-0.2, -0.15) is 0 Å². The van der Waals surface area contributed by atoms with E-state index in [2.05, 4.69) is 29.2 Å². The van der Waals surface area contributed by atoms with E-state index in [0.29, 0.717) is 5.92 Å². The summed E-state index contributed by atoms with van der Waals surface area (Å²) in [5, 5.41) is 1.38. The first-order valence-corrected chi connectivity index (χ1v) is 7.29. The summed E-state index contributed by atoms with van der Waals surface area (Å²) < 4.78 is 1.35. The molecule has 0 saturated carbocycles. The second-order valence-corrected chi connectivity index (χ2v) is 6.33. The van der Waals surface area contributed by atoms with Crippen LogP contribution < -0.4 is 0 Å². The molecule has 1 atom stereocenters. The molecule has 5 rings (SSSR count). The lowest BCUT2D eigenvalue weighted by molar-refractivity contribution is 0.0871. The Morgan fingerprint density at radius 1 is 1.18 bits per heavy atom. The van der Waals surface area contributed by atoms with Crippen LogP contribution in [0.3, 0.4) is 0 Å². The summed E-state index contributed by atoms with van der Waals surface area (Å²) >= 11 is 1.91. The Labute approximate surface area is 105 Å². The molecular formula is C14H16N2S. The smallest absolute Gasteiger partial charge is 0.0985 e. The molecule has 3 aliphatic heterocycles. The van der Waals surface area contributed by atoms with Gasteiger partial charge in [0.05, 0.1) is 15.2 Å². The van der Waals surface area contributed by atoms with Gasteiger partial charge in [-0.3, -0.25) is 0 Å². The van der Waals surface area contributed by atoms with E-state index in [1.807, 2.05) is 11.3 Å². The molecule has 0 aliphatic carbocycles. The Balaban J connectivity index is 1.74. The number of rotatable bonds is 1. The molecule has 2 nitrogen and oxygen atoms in total. The van der Waals surface area contributed by atoms with Crippen LogP contribution in [0.5, 0.6) is 0 Å². The molecule has 17 heavy (non-hydrogen) atoms. The molecule has 0 spiro atoms. The number of piperidine rings is 3. The molecule has 3 saturated heterocycles. The van der Waals surface area contributed by atoms with Crippen molar-refractivity contribution in [3.8, 4) is 0 Å². The maximum Gasteiger partial charge on any atom is 0.0985 e. The van der Waals surface area contributed by atoms with E-state index in [1.165, 1.54) is 47.7 Å². The first-order valence-electron chi connectivity index (χ1n) is 6.48. The highest BCUT2D eigenvalue weighted by molar-refractivity contribution is 7.18. The minimum absolute atomic E-state index is 0.704. The van der Waals surface area contributed by atoms with Gasteiger partial charge in [-0.25, -0.2) is 4.98 Å². The number of nitrogens with zero attached hydrogens (tertiary/aromatic N) is 2. The highest BCUT2D eigenvalue weighted by atomic mass is 32.1. The van der Waals surface area contributed by atoms with Gasteiger partial charge in [-0.05, 0) is 44.0 Å². The lowest BCUT2D eigenvalue weighted by Gasteiger charge is -2.44. The zero-order chi connectivity index (χ0) is 11.2. The monoisotopic (exact) mass is 244 g/mol. The predicted molar refractivity (Wildman–Crippen MR) is 71.5 cm³/mol. The molecule has 3 fully saturated rings. The molecule has 0 radical (unpaired) electrons. The van der Waals surface area contributed by atoms with Gasteiger partial charge >= 0.3 is 0 Å². The average molecular weight is 244 g/mol. The largest absolute Gasteiger partial charge is 0.303 e. The minimum Gasteiger partial charge on any atom is -0.303 e. The van der Waals surface area contributed by atoms with Gasteiger partial charge in [0.25, 0.3) is 0 Å². The molecule has 3 aliphatic rings. The molecule has 88 valence electrons. The van der Waals surface area contributed by atoms with E-state index in [4.69, 9.17) is 4.98 Å². The van der Waals surface area contributed by atoms with Crippen LogP contribution in [0, 0.1) is 5.92 Å². The summed E-state index contributed by atoms with van der Waals surface area (Å²) in [6.45, 7) is 3.86. The predicted octanol–water partition coefficient (Wildman–Crippen LogP) is 3.11. The summed E-state index contributed by atoms with van der Waals surface area (Å²) in [6.07, 6.45) is 2.75. The highest BCUT2D eigenvalue weighted by Crippen LogP contribution is 2.41. The van der Waals surface area contributed by atoms with E-state index in [1.54, 1.807) is 0 Å². The van der Waals surface area contributed by atoms with Crippen LogP contribution in [0.2, 0.25) is 0 Å². The third-order valence-corrected chi connectivity index (χ3v) is 5.45. The Morgan fingerprint density at radius 3 is 2.71 bits per heavy atom. The van der Waals surface area contributed by atoms with Crippen molar-refractivity contribution in [2.45, 2.75) is 18.8 Å². The van der Waals surface area contributed by atoms with Crippen LogP contribution in [0.4, 0.5) is 0 Å². The van der Waals surface area contributed by atoms with Crippen molar-refractivity contribution in [1.29, 1.82) is 0 Å². The summed E-state index contributed by atoms with van der Waals surface area (Å²) in [5.74, 6) is 1.59. The highest BCUT2D eigenvalue weighted by Gasteiger charge is 2.36. The standard InChI is InChI=1S/C14H16N2S/c1-2-4-13-12(3-1)15-14(17-13)11-9-16-7-5-10(11)6-8-16/h1-4,10-11H,5-9H2. The van der Waals surface area contributed by atoms with E-state index >= 15 is 0 Å². The number of benzene rings is 1. The molecule has 2 aromatic rings. The van der Waals surface area contributed by atoms with E-state index in [0.717, 1.165) is 5.92 Å². The maximum atomic E-state index is 4.85. The zero-order valence-electron chi connectivity index (χ0n) is 9.80. The normalized spacial score (nSPS) is 32.1. The van der Waals surface area contributed by atoms with Crippen molar-refractivity contribution in [3.05, 3.63) is 29.3 Å². The molecule has 4 heterocycles. The van der Waals surface area contributed by atoms with Crippen molar-refractivity contribution in [2.24, 2.45) is 5.92 Å². The third kappa shape index (κ3) is 1.60. The minimum atomic E-state index is 0.704. The number of hydrogen-bond acceptors (Lipinski definition) is 3. The molecule has 2 bridgehead atoms. The fraction of sp³-hybridized carbons (Fsp3) is 0.500. The van der Waals surface area contributed by atoms with Gasteiger partial charge in [0.1, 0.15) is 0 Å². The van der Waals surface area contributed by atoms with Crippen molar-refractivity contribution in [1.82, 2.24) is 9.88 Å². The lowest BCUT2D eigenvalue weighted by atomic mass is 9.79. The summed E-state index contributed by atoms with van der Waals surface area (Å²) in [4.78, 5) is 7.45. The first-order chi connectivity index (χ1) is 8.40. The maximum absolute atomic E-state index is 4.85. The second kappa shape index (κ2) is 3.79. The topological polar surface area (TPSA) is 16.1 Å². The Hall–Kier alpha value is -0.930. The van der Waals surface area contributed by atoms with Crippen LogP contribution in [0.25, 0.3) is 10.2 Å². The van der Waals surface area contributed by atoms with E-state index in [-0.39, 0.29) is 0 Å². The molecule has 1 aromatic heterocycles. The fourth-order valence-electron chi connectivity index (χ4n) is 3.29. The number of thiazole rings is 1. The number of fused-ring (bicyclic) bond motifs is 4. The molecule has 0 amide bonds. The van der Waals surface area contributed by atoms with Crippen LogP contribution in [0.15, 0.2) is 24.3 Å². The van der Waals surface area contributed by atoms with Gasteiger partial charge in [0.15, 0.2) is 0 Å². The van der Waals surface area contributed by atoms with Crippen molar-refractivity contribution in [2.75, 3.05) is 19.6 Å². The number of hydrogen-bond donors (Lipinski definition) is 0. The van der Waals surface area contributed by atoms with Crippen LogP contribution in [0.1, 0.15) is 23.8 Å².